The molecule has 1 amide bonds. The summed E-state index contributed by atoms with van der Waals surface area (Å²) in [6, 6.07) is 4.61. The highest BCUT2D eigenvalue weighted by Gasteiger charge is 2.26. The molecule has 25 heavy (non-hydrogen) atoms. The van der Waals surface area contributed by atoms with E-state index in [4.69, 9.17) is 0 Å². The molecule has 0 spiro atoms. The summed E-state index contributed by atoms with van der Waals surface area (Å²) in [7, 11) is 1.06. The van der Waals surface area contributed by atoms with E-state index in [0.717, 1.165) is 13.2 Å². The van der Waals surface area contributed by atoms with Gasteiger partial charge in [0.05, 0.1) is 7.11 Å². The molecule has 132 valence electrons. The number of hydrogen-bond acceptors (Lipinski definition) is 3. The average Bonchev–Trinajstić information content (AvgIpc) is 2.52. The summed E-state index contributed by atoms with van der Waals surface area (Å²) >= 11 is 0. The Morgan fingerprint density at radius 1 is 1.04 bits per heavy atom. The Morgan fingerprint density at radius 2 is 1.68 bits per heavy atom. The van der Waals surface area contributed by atoms with Gasteiger partial charge < -0.3 is 10.1 Å². The number of esters is 1. The Balaban J connectivity index is 2.25. The predicted molar refractivity (Wildman–Crippen MR) is 79.7 cm³/mol. The summed E-state index contributed by atoms with van der Waals surface area (Å²) in [6.07, 6.45) is -0.166. The topological polar surface area (TPSA) is 55.4 Å². The Hall–Kier alpha value is -2.90. The van der Waals surface area contributed by atoms with Crippen LogP contribution in [0.4, 0.5) is 17.6 Å². The van der Waals surface area contributed by atoms with E-state index in [1.165, 1.54) is 18.2 Å². The Kier molecular flexibility index (Phi) is 5.74. The fraction of sp³-hybridized carbons (Fsp3) is 0.176. The van der Waals surface area contributed by atoms with Gasteiger partial charge in [0, 0.05) is 18.6 Å². The summed E-state index contributed by atoms with van der Waals surface area (Å²) in [5, 5.41) is 2.11. The Bertz CT molecular complexity index is 787. The molecule has 0 saturated carbocycles. The zero-order valence-corrected chi connectivity index (χ0v) is 13.0. The molecule has 2 aromatic rings. The molecule has 0 bridgehead atoms. The lowest BCUT2D eigenvalue weighted by Crippen LogP contribution is -2.43. The number of hydrogen-bond donors (Lipinski definition) is 1. The molecule has 0 fully saturated rings. The van der Waals surface area contributed by atoms with E-state index in [1.54, 1.807) is 0 Å². The van der Waals surface area contributed by atoms with E-state index in [0.29, 0.717) is 17.7 Å². The van der Waals surface area contributed by atoms with E-state index >= 15 is 0 Å². The SMILES string of the molecule is COC(=O)[C@H](Cc1cccc(F)c1)NC(=O)c1c(F)cc(F)cc1F. The molecule has 0 heterocycles. The largest absolute Gasteiger partial charge is 0.467 e. The molecule has 4 nitrogen and oxygen atoms in total. The van der Waals surface area contributed by atoms with Gasteiger partial charge in [0.15, 0.2) is 0 Å². The second-order valence-electron chi connectivity index (χ2n) is 5.13. The summed E-state index contributed by atoms with van der Waals surface area (Å²) < 4.78 is 58.0. The van der Waals surface area contributed by atoms with Crippen LogP contribution in [-0.4, -0.2) is 25.0 Å². The first-order valence-electron chi connectivity index (χ1n) is 7.09. The van der Waals surface area contributed by atoms with Crippen LogP contribution >= 0.6 is 0 Å². The number of ether oxygens (including phenoxy) is 1. The number of methoxy groups -OCH3 is 1. The molecule has 0 unspecified atom stereocenters. The molecule has 0 aliphatic heterocycles. The van der Waals surface area contributed by atoms with Gasteiger partial charge >= 0.3 is 5.97 Å². The quantitative estimate of drug-likeness (QED) is 0.663. The summed E-state index contributed by atoms with van der Waals surface area (Å²) in [5.41, 5.74) is -0.676. The van der Waals surface area contributed by atoms with Gasteiger partial charge in [-0.15, -0.1) is 0 Å². The molecular weight excluding hydrogens is 342 g/mol. The highest BCUT2D eigenvalue weighted by Crippen LogP contribution is 2.15. The van der Waals surface area contributed by atoms with Crippen molar-refractivity contribution in [2.24, 2.45) is 0 Å². The van der Waals surface area contributed by atoms with Crippen molar-refractivity contribution in [1.29, 1.82) is 0 Å². The van der Waals surface area contributed by atoms with Crippen LogP contribution in [0.15, 0.2) is 36.4 Å². The molecular formula is C17H13F4NO3. The number of rotatable bonds is 5. The second kappa shape index (κ2) is 7.78. The molecule has 0 radical (unpaired) electrons. The summed E-state index contributed by atoms with van der Waals surface area (Å²) in [6.45, 7) is 0. The van der Waals surface area contributed by atoms with Gasteiger partial charge in [-0.2, -0.15) is 0 Å². The van der Waals surface area contributed by atoms with Crippen LogP contribution in [0.3, 0.4) is 0 Å². The van der Waals surface area contributed by atoms with Crippen molar-refractivity contribution < 1.29 is 31.9 Å². The third-order valence-electron chi connectivity index (χ3n) is 3.35. The van der Waals surface area contributed by atoms with Crippen LogP contribution < -0.4 is 5.32 Å². The Morgan fingerprint density at radius 3 is 2.24 bits per heavy atom. The minimum Gasteiger partial charge on any atom is -0.467 e. The molecule has 8 heteroatoms. The summed E-state index contributed by atoms with van der Waals surface area (Å²) in [4.78, 5) is 23.9. The lowest BCUT2D eigenvalue weighted by atomic mass is 10.0. The van der Waals surface area contributed by atoms with Crippen molar-refractivity contribution in [2.75, 3.05) is 7.11 Å². The van der Waals surface area contributed by atoms with Gasteiger partial charge in [0.1, 0.15) is 34.9 Å². The van der Waals surface area contributed by atoms with Crippen LogP contribution in [0.2, 0.25) is 0 Å². The van der Waals surface area contributed by atoms with Gasteiger partial charge in [-0.25, -0.2) is 22.4 Å². The zero-order valence-electron chi connectivity index (χ0n) is 13.0. The highest BCUT2D eigenvalue weighted by atomic mass is 19.1. The van der Waals surface area contributed by atoms with Crippen molar-refractivity contribution in [2.45, 2.75) is 12.5 Å². The average molecular weight is 355 g/mol. The van der Waals surface area contributed by atoms with Crippen LogP contribution in [0, 0.1) is 23.3 Å². The Labute approximate surface area is 140 Å². The van der Waals surface area contributed by atoms with E-state index < -0.39 is 46.8 Å². The van der Waals surface area contributed by atoms with E-state index in [9.17, 15) is 27.2 Å². The number of carbonyl (C=O) groups excluding carboxylic acids is 2. The van der Waals surface area contributed by atoms with Crippen molar-refractivity contribution in [3.8, 4) is 0 Å². The molecule has 0 aliphatic carbocycles. The molecule has 2 aromatic carbocycles. The van der Waals surface area contributed by atoms with E-state index in [2.05, 4.69) is 10.1 Å². The van der Waals surface area contributed by atoms with Crippen molar-refractivity contribution in [3.63, 3.8) is 0 Å². The molecule has 1 N–H and O–H groups in total. The molecule has 1 atom stereocenters. The van der Waals surface area contributed by atoms with Crippen molar-refractivity contribution >= 4 is 11.9 Å². The zero-order chi connectivity index (χ0) is 18.6. The van der Waals surface area contributed by atoms with Crippen LogP contribution in [-0.2, 0) is 16.0 Å². The smallest absolute Gasteiger partial charge is 0.328 e. The van der Waals surface area contributed by atoms with Gasteiger partial charge in [0.2, 0.25) is 0 Å². The third-order valence-corrected chi connectivity index (χ3v) is 3.35. The fourth-order valence-corrected chi connectivity index (χ4v) is 2.22. The highest BCUT2D eigenvalue weighted by molar-refractivity contribution is 5.97. The van der Waals surface area contributed by atoms with Crippen LogP contribution in [0.5, 0.6) is 0 Å². The lowest BCUT2D eigenvalue weighted by molar-refractivity contribution is -0.142. The standard InChI is InChI=1S/C17H13F4NO3/c1-25-17(24)14(6-9-3-2-4-10(18)5-9)22-16(23)15-12(20)7-11(19)8-13(15)21/h2-5,7-8,14H,6H2,1H3,(H,22,23)/t14-/m0/s1. The first-order chi connectivity index (χ1) is 11.8. The molecule has 0 saturated heterocycles. The maximum absolute atomic E-state index is 13.7. The first kappa shape index (κ1) is 18.4. The minimum absolute atomic E-state index is 0.166. The monoisotopic (exact) mass is 355 g/mol. The molecule has 2 rings (SSSR count). The number of amides is 1. The van der Waals surface area contributed by atoms with Gasteiger partial charge in [-0.05, 0) is 17.7 Å². The van der Waals surface area contributed by atoms with Gasteiger partial charge in [0.25, 0.3) is 5.91 Å². The third kappa shape index (κ3) is 4.56. The van der Waals surface area contributed by atoms with Gasteiger partial charge in [-0.3, -0.25) is 4.79 Å². The van der Waals surface area contributed by atoms with Crippen molar-refractivity contribution in [1.82, 2.24) is 5.32 Å². The second-order valence-corrected chi connectivity index (χ2v) is 5.13. The minimum atomic E-state index is -1.41. The molecule has 0 aliphatic rings. The number of nitrogens with one attached hydrogen (secondary N) is 1. The maximum Gasteiger partial charge on any atom is 0.328 e. The lowest BCUT2D eigenvalue weighted by Gasteiger charge is -2.17. The number of halogens is 4. The molecule has 0 aromatic heterocycles. The van der Waals surface area contributed by atoms with E-state index in [1.807, 2.05) is 0 Å². The maximum atomic E-state index is 13.7. The normalized spacial score (nSPS) is 11.7. The van der Waals surface area contributed by atoms with Crippen LogP contribution in [0.1, 0.15) is 15.9 Å². The van der Waals surface area contributed by atoms with Crippen molar-refractivity contribution in [3.05, 3.63) is 70.8 Å². The van der Waals surface area contributed by atoms with Crippen LogP contribution in [0.25, 0.3) is 0 Å². The summed E-state index contributed by atoms with van der Waals surface area (Å²) in [5.74, 6) is -6.71. The predicted octanol–water partition coefficient (Wildman–Crippen LogP) is 2.76. The number of benzene rings is 2. The van der Waals surface area contributed by atoms with E-state index in [-0.39, 0.29) is 6.42 Å². The fourth-order valence-electron chi connectivity index (χ4n) is 2.22. The first-order valence-corrected chi connectivity index (χ1v) is 7.09. The number of carbonyl (C=O) groups is 2. The van der Waals surface area contributed by atoms with Gasteiger partial charge in [-0.1, -0.05) is 12.1 Å².